The maximum atomic E-state index is 13.3. The summed E-state index contributed by atoms with van der Waals surface area (Å²) in [4.78, 5) is 11.1. The second-order valence-corrected chi connectivity index (χ2v) is 4.84. The van der Waals surface area contributed by atoms with Gasteiger partial charge in [-0.2, -0.15) is 0 Å². The van der Waals surface area contributed by atoms with Crippen LogP contribution in [0.4, 0.5) is 4.39 Å². The van der Waals surface area contributed by atoms with E-state index in [-0.39, 0.29) is 17.7 Å². The van der Waals surface area contributed by atoms with Crippen LogP contribution in [0.3, 0.4) is 0 Å². The molecule has 0 bridgehead atoms. The highest BCUT2D eigenvalue weighted by atomic mass is 19.1. The predicted octanol–water partition coefficient (Wildman–Crippen LogP) is 2.59. The van der Waals surface area contributed by atoms with Crippen LogP contribution >= 0.6 is 0 Å². The van der Waals surface area contributed by atoms with Crippen molar-refractivity contribution >= 4 is 5.97 Å². The van der Waals surface area contributed by atoms with E-state index in [1.165, 1.54) is 13.2 Å². The Morgan fingerprint density at radius 1 is 1.37 bits per heavy atom. The van der Waals surface area contributed by atoms with Gasteiger partial charge in [-0.3, -0.25) is 10.1 Å². The lowest BCUT2D eigenvalue weighted by molar-refractivity contribution is -0.140. The molecule has 2 N–H and O–H groups in total. The summed E-state index contributed by atoms with van der Waals surface area (Å²) >= 11 is 0. The highest BCUT2D eigenvalue weighted by Crippen LogP contribution is 2.23. The number of hydrogen-bond acceptors (Lipinski definition) is 3. The molecule has 5 heteroatoms. The summed E-state index contributed by atoms with van der Waals surface area (Å²) in [5, 5.41) is 12.2. The molecule has 0 aliphatic rings. The fourth-order valence-electron chi connectivity index (χ4n) is 1.86. The fourth-order valence-corrected chi connectivity index (χ4v) is 1.86. The van der Waals surface area contributed by atoms with Gasteiger partial charge in [-0.05, 0) is 30.5 Å². The van der Waals surface area contributed by atoms with Crippen LogP contribution in [0.5, 0.6) is 5.75 Å². The van der Waals surface area contributed by atoms with E-state index in [1.807, 2.05) is 20.8 Å². The zero-order valence-corrected chi connectivity index (χ0v) is 11.6. The molecule has 0 saturated carbocycles. The topological polar surface area (TPSA) is 58.6 Å². The third-order valence-electron chi connectivity index (χ3n) is 3.04. The van der Waals surface area contributed by atoms with Gasteiger partial charge in [0, 0.05) is 6.04 Å². The number of methoxy groups -OCH3 is 1. The van der Waals surface area contributed by atoms with Crippen LogP contribution in [0.1, 0.15) is 32.4 Å². The van der Waals surface area contributed by atoms with E-state index in [0.29, 0.717) is 0 Å². The van der Waals surface area contributed by atoms with Crippen molar-refractivity contribution in [2.45, 2.75) is 32.9 Å². The summed E-state index contributed by atoms with van der Waals surface area (Å²) in [5.74, 6) is -1.21. The smallest absolute Gasteiger partial charge is 0.320 e. The summed E-state index contributed by atoms with van der Waals surface area (Å²) in [6.45, 7) is 5.51. The molecule has 2 atom stereocenters. The van der Waals surface area contributed by atoms with Crippen molar-refractivity contribution in [3.8, 4) is 5.75 Å². The van der Waals surface area contributed by atoms with E-state index in [1.54, 1.807) is 12.1 Å². The van der Waals surface area contributed by atoms with Crippen molar-refractivity contribution in [3.05, 3.63) is 29.6 Å². The first-order valence-corrected chi connectivity index (χ1v) is 6.19. The number of carboxylic acid groups (broad SMARTS) is 1. The number of benzene rings is 1. The second kappa shape index (κ2) is 6.52. The molecule has 0 aliphatic carbocycles. The van der Waals surface area contributed by atoms with Crippen LogP contribution in [0.2, 0.25) is 0 Å². The molecule has 1 aromatic carbocycles. The van der Waals surface area contributed by atoms with E-state index >= 15 is 0 Å². The summed E-state index contributed by atoms with van der Waals surface area (Å²) in [7, 11) is 1.40. The Bertz CT molecular complexity index is 448. The fraction of sp³-hybridized carbons (Fsp3) is 0.500. The average molecular weight is 269 g/mol. The summed E-state index contributed by atoms with van der Waals surface area (Å²) in [6.07, 6.45) is 0. The van der Waals surface area contributed by atoms with Gasteiger partial charge in [-0.25, -0.2) is 4.39 Å². The third kappa shape index (κ3) is 3.92. The van der Waals surface area contributed by atoms with Crippen LogP contribution < -0.4 is 10.1 Å². The monoisotopic (exact) mass is 269 g/mol. The van der Waals surface area contributed by atoms with Gasteiger partial charge in [-0.15, -0.1) is 0 Å². The van der Waals surface area contributed by atoms with Crippen LogP contribution in [0.15, 0.2) is 18.2 Å². The minimum absolute atomic E-state index is 0.0395. The largest absolute Gasteiger partial charge is 0.494 e. The summed E-state index contributed by atoms with van der Waals surface area (Å²) < 4.78 is 18.2. The molecule has 1 aromatic rings. The Kier molecular flexibility index (Phi) is 5.30. The van der Waals surface area contributed by atoms with E-state index in [2.05, 4.69) is 5.32 Å². The molecule has 0 saturated heterocycles. The minimum Gasteiger partial charge on any atom is -0.494 e. The van der Waals surface area contributed by atoms with Crippen LogP contribution in [0.25, 0.3) is 0 Å². The van der Waals surface area contributed by atoms with Gasteiger partial charge in [-0.1, -0.05) is 19.9 Å². The van der Waals surface area contributed by atoms with Gasteiger partial charge in [0.15, 0.2) is 11.6 Å². The van der Waals surface area contributed by atoms with E-state index in [4.69, 9.17) is 9.84 Å². The molecule has 0 radical (unpaired) electrons. The maximum Gasteiger partial charge on any atom is 0.320 e. The maximum absolute atomic E-state index is 13.3. The molecule has 0 heterocycles. The minimum atomic E-state index is -0.893. The lowest BCUT2D eigenvalue weighted by Gasteiger charge is -2.23. The Balaban J connectivity index is 2.88. The quantitative estimate of drug-likeness (QED) is 0.833. The van der Waals surface area contributed by atoms with Gasteiger partial charge in [0.2, 0.25) is 0 Å². The van der Waals surface area contributed by atoms with Gasteiger partial charge in [0.1, 0.15) is 6.04 Å². The van der Waals surface area contributed by atoms with Crippen molar-refractivity contribution in [2.75, 3.05) is 7.11 Å². The molecule has 0 aliphatic heterocycles. The zero-order chi connectivity index (χ0) is 14.6. The van der Waals surface area contributed by atoms with E-state index in [0.717, 1.165) is 5.56 Å². The van der Waals surface area contributed by atoms with Crippen LogP contribution in [-0.4, -0.2) is 24.2 Å². The van der Waals surface area contributed by atoms with Crippen molar-refractivity contribution in [1.82, 2.24) is 5.32 Å². The highest BCUT2D eigenvalue weighted by molar-refractivity contribution is 5.73. The molecule has 4 nitrogen and oxygen atoms in total. The van der Waals surface area contributed by atoms with Crippen molar-refractivity contribution in [3.63, 3.8) is 0 Å². The van der Waals surface area contributed by atoms with Crippen LogP contribution in [-0.2, 0) is 4.79 Å². The molecule has 0 spiro atoms. The molecule has 19 heavy (non-hydrogen) atoms. The number of rotatable bonds is 6. The summed E-state index contributed by atoms with van der Waals surface area (Å²) in [5.41, 5.74) is 0.783. The lowest BCUT2D eigenvalue weighted by atomic mass is 10.0. The normalized spacial score (nSPS) is 14.2. The second-order valence-electron chi connectivity index (χ2n) is 4.84. The van der Waals surface area contributed by atoms with Crippen molar-refractivity contribution < 1.29 is 19.0 Å². The first-order chi connectivity index (χ1) is 8.86. The Morgan fingerprint density at radius 2 is 2.00 bits per heavy atom. The van der Waals surface area contributed by atoms with Crippen molar-refractivity contribution in [2.24, 2.45) is 5.92 Å². The first-order valence-electron chi connectivity index (χ1n) is 6.19. The molecular weight excluding hydrogens is 249 g/mol. The summed E-state index contributed by atoms with van der Waals surface area (Å²) in [6, 6.07) is 3.66. The predicted molar refractivity (Wildman–Crippen MR) is 70.8 cm³/mol. The van der Waals surface area contributed by atoms with Crippen molar-refractivity contribution in [1.29, 1.82) is 0 Å². The van der Waals surface area contributed by atoms with E-state index < -0.39 is 17.8 Å². The lowest BCUT2D eigenvalue weighted by Crippen LogP contribution is -2.42. The molecule has 2 unspecified atom stereocenters. The van der Waals surface area contributed by atoms with Gasteiger partial charge < -0.3 is 9.84 Å². The molecule has 0 fully saturated rings. The number of aliphatic carboxylic acids is 1. The zero-order valence-electron chi connectivity index (χ0n) is 11.6. The van der Waals surface area contributed by atoms with E-state index in [9.17, 15) is 9.18 Å². The number of carboxylic acids is 1. The van der Waals surface area contributed by atoms with Gasteiger partial charge in [0.25, 0.3) is 0 Å². The Morgan fingerprint density at radius 3 is 2.47 bits per heavy atom. The number of nitrogens with one attached hydrogen (secondary N) is 1. The van der Waals surface area contributed by atoms with Gasteiger partial charge >= 0.3 is 5.97 Å². The SMILES string of the molecule is COc1cc(C(C)NC(C(=O)O)C(C)C)ccc1F. The molecule has 1 rings (SSSR count). The third-order valence-corrected chi connectivity index (χ3v) is 3.04. The number of halogens is 1. The molecule has 0 aromatic heterocycles. The standard InChI is InChI=1S/C14H20FNO3/c1-8(2)13(14(17)18)16-9(3)10-5-6-11(15)12(7-10)19-4/h5-9,13,16H,1-4H3,(H,17,18). The number of ether oxygens (including phenoxy) is 1. The number of carbonyl (C=O) groups is 1. The number of hydrogen-bond donors (Lipinski definition) is 2. The van der Waals surface area contributed by atoms with Gasteiger partial charge in [0.05, 0.1) is 7.11 Å². The molecular formula is C14H20FNO3. The van der Waals surface area contributed by atoms with Crippen LogP contribution in [0, 0.1) is 11.7 Å². The average Bonchev–Trinajstić information content (AvgIpc) is 2.35. The Labute approximate surface area is 112 Å². The molecule has 0 amide bonds. The molecule has 106 valence electrons. The Hall–Kier alpha value is -1.62. The highest BCUT2D eigenvalue weighted by Gasteiger charge is 2.23. The first kappa shape index (κ1) is 15.4.